The molecule has 2 aromatic heterocycles. The third kappa shape index (κ3) is 4.19. The summed E-state index contributed by atoms with van der Waals surface area (Å²) in [6.07, 6.45) is 4.12. The number of benzene rings is 1. The molecule has 130 valence electrons. The molecule has 0 unspecified atom stereocenters. The van der Waals surface area contributed by atoms with Gasteiger partial charge >= 0.3 is 0 Å². The molecular formula is C18H19N3O3S. The van der Waals surface area contributed by atoms with Crippen molar-refractivity contribution in [2.75, 3.05) is 14.2 Å². The van der Waals surface area contributed by atoms with Crippen LogP contribution in [0.15, 0.2) is 48.1 Å². The molecule has 0 fully saturated rings. The Kier molecular flexibility index (Phi) is 5.35. The van der Waals surface area contributed by atoms with Gasteiger partial charge in [-0.1, -0.05) is 6.07 Å². The number of aromatic nitrogens is 2. The number of nitrogens with one attached hydrogen (secondary N) is 1. The number of rotatable bonds is 7. The molecule has 0 saturated carbocycles. The number of hydrogen-bond donors (Lipinski definition) is 1. The second kappa shape index (κ2) is 7.85. The van der Waals surface area contributed by atoms with Crippen molar-refractivity contribution in [2.24, 2.45) is 0 Å². The predicted molar refractivity (Wildman–Crippen MR) is 96.5 cm³/mol. The highest BCUT2D eigenvalue weighted by atomic mass is 32.1. The zero-order valence-electron chi connectivity index (χ0n) is 14.1. The molecule has 6 nitrogen and oxygen atoms in total. The van der Waals surface area contributed by atoms with Crippen LogP contribution in [0.4, 0.5) is 0 Å². The molecule has 0 spiro atoms. The van der Waals surface area contributed by atoms with E-state index in [0.717, 1.165) is 16.4 Å². The SMILES string of the molecule is COc1ccc(CNC(=O)Cc2csc(-n3cccc3)n2)cc1OC. The summed E-state index contributed by atoms with van der Waals surface area (Å²) < 4.78 is 12.4. The summed E-state index contributed by atoms with van der Waals surface area (Å²) in [5.41, 5.74) is 1.70. The van der Waals surface area contributed by atoms with Crippen LogP contribution in [0.2, 0.25) is 0 Å². The first-order chi connectivity index (χ1) is 12.2. The van der Waals surface area contributed by atoms with E-state index >= 15 is 0 Å². The van der Waals surface area contributed by atoms with E-state index in [1.807, 2.05) is 52.7 Å². The van der Waals surface area contributed by atoms with Gasteiger partial charge in [-0.05, 0) is 29.8 Å². The van der Waals surface area contributed by atoms with Gasteiger partial charge < -0.3 is 19.4 Å². The molecule has 0 aliphatic rings. The molecule has 7 heteroatoms. The van der Waals surface area contributed by atoms with E-state index < -0.39 is 0 Å². The third-order valence-corrected chi connectivity index (χ3v) is 4.55. The number of hydrogen-bond acceptors (Lipinski definition) is 5. The van der Waals surface area contributed by atoms with E-state index in [1.54, 1.807) is 14.2 Å². The van der Waals surface area contributed by atoms with E-state index in [-0.39, 0.29) is 12.3 Å². The van der Waals surface area contributed by atoms with Crippen molar-refractivity contribution < 1.29 is 14.3 Å². The summed E-state index contributed by atoms with van der Waals surface area (Å²) in [5.74, 6) is 1.24. The van der Waals surface area contributed by atoms with Crippen molar-refractivity contribution in [2.45, 2.75) is 13.0 Å². The van der Waals surface area contributed by atoms with Gasteiger partial charge in [-0.2, -0.15) is 0 Å². The highest BCUT2D eigenvalue weighted by molar-refractivity contribution is 7.12. The fourth-order valence-corrected chi connectivity index (χ4v) is 3.17. The Morgan fingerprint density at radius 1 is 1.20 bits per heavy atom. The van der Waals surface area contributed by atoms with Crippen LogP contribution < -0.4 is 14.8 Å². The van der Waals surface area contributed by atoms with Gasteiger partial charge in [0.2, 0.25) is 5.91 Å². The second-order valence-electron chi connectivity index (χ2n) is 5.35. The third-order valence-electron chi connectivity index (χ3n) is 3.64. The molecule has 3 rings (SSSR count). The number of carbonyl (C=O) groups excluding carboxylic acids is 1. The number of nitrogens with zero attached hydrogens (tertiary/aromatic N) is 2. The summed E-state index contributed by atoms with van der Waals surface area (Å²) >= 11 is 1.51. The van der Waals surface area contributed by atoms with E-state index in [4.69, 9.17) is 9.47 Å². The zero-order chi connectivity index (χ0) is 17.6. The van der Waals surface area contributed by atoms with Crippen LogP contribution in [-0.2, 0) is 17.8 Å². The minimum absolute atomic E-state index is 0.0702. The first kappa shape index (κ1) is 17.0. The summed E-state index contributed by atoms with van der Waals surface area (Å²) in [7, 11) is 3.18. The first-order valence-corrected chi connectivity index (χ1v) is 8.63. The molecule has 0 aliphatic carbocycles. The Morgan fingerprint density at radius 2 is 1.96 bits per heavy atom. The van der Waals surface area contributed by atoms with Crippen LogP contribution >= 0.6 is 11.3 Å². The maximum absolute atomic E-state index is 12.1. The highest BCUT2D eigenvalue weighted by Crippen LogP contribution is 2.27. The summed E-state index contributed by atoms with van der Waals surface area (Å²) in [4.78, 5) is 16.6. The fourth-order valence-electron chi connectivity index (χ4n) is 2.38. The fraction of sp³-hybridized carbons (Fsp3) is 0.222. The van der Waals surface area contributed by atoms with E-state index in [9.17, 15) is 4.79 Å². The Hall–Kier alpha value is -2.80. The van der Waals surface area contributed by atoms with Gasteiger partial charge in [-0.15, -0.1) is 11.3 Å². The minimum atomic E-state index is -0.0702. The largest absolute Gasteiger partial charge is 0.493 e. The maximum Gasteiger partial charge on any atom is 0.226 e. The highest BCUT2D eigenvalue weighted by Gasteiger charge is 2.10. The lowest BCUT2D eigenvalue weighted by atomic mass is 10.2. The lowest BCUT2D eigenvalue weighted by Crippen LogP contribution is -2.24. The van der Waals surface area contributed by atoms with Gasteiger partial charge in [-0.3, -0.25) is 4.79 Å². The molecule has 1 N–H and O–H groups in total. The van der Waals surface area contributed by atoms with Crippen LogP contribution in [-0.4, -0.2) is 29.7 Å². The van der Waals surface area contributed by atoms with Crippen molar-refractivity contribution in [3.63, 3.8) is 0 Å². The topological polar surface area (TPSA) is 65.4 Å². The van der Waals surface area contributed by atoms with E-state index in [1.165, 1.54) is 11.3 Å². The van der Waals surface area contributed by atoms with Crippen LogP contribution in [0.1, 0.15) is 11.3 Å². The standard InChI is InChI=1S/C18H19N3O3S/c1-23-15-6-5-13(9-16(15)24-2)11-19-17(22)10-14-12-25-18(20-14)21-7-3-4-8-21/h3-9,12H,10-11H2,1-2H3,(H,19,22). The van der Waals surface area contributed by atoms with Gasteiger partial charge in [0.15, 0.2) is 16.6 Å². The summed E-state index contributed by atoms with van der Waals surface area (Å²) in [6, 6.07) is 9.46. The van der Waals surface area contributed by atoms with Crippen molar-refractivity contribution in [3.8, 4) is 16.6 Å². The van der Waals surface area contributed by atoms with Crippen molar-refractivity contribution in [1.29, 1.82) is 0 Å². The quantitative estimate of drug-likeness (QED) is 0.706. The number of methoxy groups -OCH3 is 2. The van der Waals surface area contributed by atoms with Crippen LogP contribution in [0.25, 0.3) is 5.13 Å². The number of carbonyl (C=O) groups is 1. The Labute approximate surface area is 150 Å². The van der Waals surface area contributed by atoms with Gasteiger partial charge in [0.25, 0.3) is 0 Å². The lowest BCUT2D eigenvalue weighted by Gasteiger charge is -2.10. The molecule has 0 atom stereocenters. The number of amides is 1. The van der Waals surface area contributed by atoms with E-state index in [0.29, 0.717) is 18.0 Å². The zero-order valence-corrected chi connectivity index (χ0v) is 14.9. The van der Waals surface area contributed by atoms with Crippen molar-refractivity contribution in [1.82, 2.24) is 14.9 Å². The Balaban J connectivity index is 1.56. The average molecular weight is 357 g/mol. The number of ether oxygens (including phenoxy) is 2. The molecular weight excluding hydrogens is 338 g/mol. The maximum atomic E-state index is 12.1. The average Bonchev–Trinajstić information content (AvgIpc) is 3.31. The number of thiazole rings is 1. The monoisotopic (exact) mass is 357 g/mol. The predicted octanol–water partition coefficient (Wildman–Crippen LogP) is 2.81. The molecule has 1 amide bonds. The van der Waals surface area contributed by atoms with Gasteiger partial charge in [0, 0.05) is 24.3 Å². The molecule has 2 heterocycles. The molecule has 0 radical (unpaired) electrons. The van der Waals surface area contributed by atoms with Gasteiger partial charge in [-0.25, -0.2) is 4.98 Å². The van der Waals surface area contributed by atoms with Gasteiger partial charge in [0.1, 0.15) is 0 Å². The first-order valence-electron chi connectivity index (χ1n) is 7.75. The molecule has 0 bridgehead atoms. The second-order valence-corrected chi connectivity index (χ2v) is 6.19. The normalized spacial score (nSPS) is 10.5. The Bertz CT molecular complexity index is 843. The van der Waals surface area contributed by atoms with E-state index in [2.05, 4.69) is 10.3 Å². The summed E-state index contributed by atoms with van der Waals surface area (Å²) in [6.45, 7) is 0.424. The Morgan fingerprint density at radius 3 is 2.68 bits per heavy atom. The van der Waals surface area contributed by atoms with Crippen molar-refractivity contribution in [3.05, 3.63) is 59.4 Å². The summed E-state index contributed by atoms with van der Waals surface area (Å²) in [5, 5.41) is 5.67. The molecule has 0 aliphatic heterocycles. The van der Waals surface area contributed by atoms with Gasteiger partial charge in [0.05, 0.1) is 26.3 Å². The molecule has 25 heavy (non-hydrogen) atoms. The van der Waals surface area contributed by atoms with Crippen LogP contribution in [0.5, 0.6) is 11.5 Å². The lowest BCUT2D eigenvalue weighted by molar-refractivity contribution is -0.120. The minimum Gasteiger partial charge on any atom is -0.493 e. The molecule has 1 aromatic carbocycles. The molecule has 0 saturated heterocycles. The smallest absolute Gasteiger partial charge is 0.226 e. The van der Waals surface area contributed by atoms with Crippen molar-refractivity contribution >= 4 is 17.2 Å². The van der Waals surface area contributed by atoms with Crippen LogP contribution in [0.3, 0.4) is 0 Å². The van der Waals surface area contributed by atoms with Crippen LogP contribution in [0, 0.1) is 0 Å². The molecule has 3 aromatic rings.